The minimum Gasteiger partial charge on any atom is -0.508 e. The van der Waals surface area contributed by atoms with Crippen LogP contribution in [0.5, 0.6) is 17.2 Å². The van der Waals surface area contributed by atoms with Gasteiger partial charge in [-0.3, -0.25) is 0 Å². The highest BCUT2D eigenvalue weighted by atomic mass is 32.2. The van der Waals surface area contributed by atoms with Gasteiger partial charge in [0.1, 0.15) is 40.5 Å². The van der Waals surface area contributed by atoms with Crippen LogP contribution in [0.25, 0.3) is 0 Å². The Morgan fingerprint density at radius 3 is 1.89 bits per heavy atom. The summed E-state index contributed by atoms with van der Waals surface area (Å²) in [6, 6.07) is 15.3. The van der Waals surface area contributed by atoms with Gasteiger partial charge in [-0.15, -0.1) is 0 Å². The molecule has 0 saturated carbocycles. The van der Waals surface area contributed by atoms with Crippen LogP contribution in [-0.4, -0.2) is 75.7 Å². The van der Waals surface area contributed by atoms with E-state index in [-0.39, 0.29) is 22.8 Å². The number of aliphatic carboxylic acids is 1. The van der Waals surface area contributed by atoms with Crippen molar-refractivity contribution in [3.05, 3.63) is 83.4 Å². The summed E-state index contributed by atoms with van der Waals surface area (Å²) in [5.41, 5.74) is -1.11. The van der Waals surface area contributed by atoms with Crippen LogP contribution < -0.4 is 4.74 Å². The fourth-order valence-electron chi connectivity index (χ4n) is 4.64. The lowest BCUT2D eigenvalue weighted by molar-refractivity contribution is -0.271. The predicted molar refractivity (Wildman–Crippen MR) is 126 cm³/mol. The van der Waals surface area contributed by atoms with E-state index in [0.29, 0.717) is 11.1 Å². The molecule has 3 aromatic rings. The zero-order chi connectivity index (χ0) is 27.4. The number of hydrogen-bond acceptors (Lipinski definition) is 11. The Hall–Kier alpha value is -3.72. The van der Waals surface area contributed by atoms with Crippen molar-refractivity contribution in [2.75, 3.05) is 0 Å². The average molecular weight is 547 g/mol. The minimum atomic E-state index is -4.60. The maximum Gasteiger partial charge on any atom is 0.335 e. The number of aliphatic hydroxyl groups excluding tert-OH is 3. The van der Waals surface area contributed by atoms with Crippen LogP contribution in [-0.2, 0) is 29.4 Å². The molecule has 1 fully saturated rings. The molecule has 38 heavy (non-hydrogen) atoms. The first-order valence-electron chi connectivity index (χ1n) is 11.2. The number of rotatable bonds is 5. The zero-order valence-corrected chi connectivity index (χ0v) is 20.1. The first-order chi connectivity index (χ1) is 18.0. The number of carboxylic acid groups (broad SMARTS) is 1. The van der Waals surface area contributed by atoms with Gasteiger partial charge in [0, 0.05) is 5.56 Å². The number of carbonyl (C=O) groups is 1. The largest absolute Gasteiger partial charge is 0.508 e. The van der Waals surface area contributed by atoms with E-state index < -0.39 is 57.3 Å². The third-order valence-corrected chi connectivity index (χ3v) is 7.84. The van der Waals surface area contributed by atoms with Crippen molar-refractivity contribution in [2.24, 2.45) is 0 Å². The highest BCUT2D eigenvalue weighted by Crippen LogP contribution is 2.53. The number of hydrogen-bond donors (Lipinski definition) is 6. The molecule has 2 aliphatic heterocycles. The lowest BCUT2D eigenvalue weighted by Crippen LogP contribution is -2.61. The summed E-state index contributed by atoms with van der Waals surface area (Å²) in [4.78, 5) is 11.0. The molecule has 5 atom stereocenters. The molecule has 2 aliphatic rings. The summed E-state index contributed by atoms with van der Waals surface area (Å²) in [6.07, 6.45) is -9.69. The van der Waals surface area contributed by atoms with Crippen LogP contribution in [0.15, 0.2) is 71.6 Å². The second kappa shape index (κ2) is 9.23. The van der Waals surface area contributed by atoms with Gasteiger partial charge < -0.3 is 40.1 Å². The van der Waals surface area contributed by atoms with Crippen molar-refractivity contribution >= 4 is 16.1 Å². The van der Waals surface area contributed by atoms with E-state index in [1.54, 1.807) is 0 Å². The predicted octanol–water partition coefficient (Wildman–Crippen LogP) is 0.380. The van der Waals surface area contributed by atoms with E-state index in [1.807, 2.05) is 0 Å². The molecule has 5 rings (SSSR count). The number of ether oxygens (including phenoxy) is 2. The Balaban J connectivity index is 1.67. The van der Waals surface area contributed by atoms with E-state index in [1.165, 1.54) is 66.7 Å². The summed E-state index contributed by atoms with van der Waals surface area (Å²) in [5.74, 6) is -2.17. The second-order valence-electron chi connectivity index (χ2n) is 8.80. The van der Waals surface area contributed by atoms with Crippen LogP contribution in [0, 0.1) is 0 Å². The van der Waals surface area contributed by atoms with Gasteiger partial charge in [-0.1, -0.05) is 36.4 Å². The standard InChI is InChI=1S/C25H22O12S/c26-14-8-4-12(5-9-14)25(13-6-10-15(27)11-7-13)16-2-1-3-17(22(16)38(33,34)37-25)35-24-20(30)18(28)19(29)21(36-24)23(31)32/h1-11,18-21,24,26-30H,(H,31,32)/t18-,19-,20+,21-,24?/m0/s1. The molecule has 0 aliphatic carbocycles. The molecule has 3 aromatic carbocycles. The van der Waals surface area contributed by atoms with E-state index in [0.717, 1.165) is 0 Å². The molecule has 2 heterocycles. The molecule has 13 heteroatoms. The molecule has 0 amide bonds. The first kappa shape index (κ1) is 25.9. The van der Waals surface area contributed by atoms with Gasteiger partial charge in [0.05, 0.1) is 0 Å². The lowest BCUT2D eigenvalue weighted by Gasteiger charge is -2.38. The van der Waals surface area contributed by atoms with Crippen LogP contribution in [0.1, 0.15) is 16.7 Å². The Bertz CT molecular complexity index is 1420. The van der Waals surface area contributed by atoms with Crippen molar-refractivity contribution in [1.29, 1.82) is 0 Å². The third-order valence-electron chi connectivity index (χ3n) is 6.45. The molecule has 0 aromatic heterocycles. The average Bonchev–Trinajstić information content (AvgIpc) is 3.13. The molecule has 1 unspecified atom stereocenters. The number of aromatic hydroxyl groups is 2. The summed E-state index contributed by atoms with van der Waals surface area (Å²) in [7, 11) is -4.60. The van der Waals surface area contributed by atoms with Crippen molar-refractivity contribution in [1.82, 2.24) is 0 Å². The van der Waals surface area contributed by atoms with Crippen LogP contribution in [0.3, 0.4) is 0 Å². The van der Waals surface area contributed by atoms with Crippen molar-refractivity contribution in [3.8, 4) is 17.2 Å². The van der Waals surface area contributed by atoms with E-state index in [4.69, 9.17) is 13.7 Å². The highest BCUT2D eigenvalue weighted by Gasteiger charge is 2.54. The SMILES string of the molecule is O=C(O)[C@H]1OC(Oc2cccc3c2S(=O)(=O)OC3(c2ccc(O)cc2)c2ccc(O)cc2)[C@H](O)[C@@H](O)[C@@H]1O. The van der Waals surface area contributed by atoms with Crippen LogP contribution >= 0.6 is 0 Å². The van der Waals surface area contributed by atoms with E-state index >= 15 is 0 Å². The normalized spacial score (nSPS) is 27.4. The summed E-state index contributed by atoms with van der Waals surface area (Å²) >= 11 is 0. The number of fused-ring (bicyclic) bond motifs is 1. The first-order valence-corrected chi connectivity index (χ1v) is 12.6. The smallest absolute Gasteiger partial charge is 0.335 e. The number of carboxylic acids is 1. The number of benzene rings is 3. The quantitative estimate of drug-likeness (QED) is 0.241. The van der Waals surface area contributed by atoms with Gasteiger partial charge in [-0.2, -0.15) is 8.42 Å². The Morgan fingerprint density at radius 1 is 0.816 bits per heavy atom. The number of phenolic OH excluding ortho intramolecular Hbond substituents is 2. The fraction of sp³-hybridized carbons (Fsp3) is 0.240. The topological polar surface area (TPSA) is 200 Å². The molecule has 12 nitrogen and oxygen atoms in total. The van der Waals surface area contributed by atoms with Gasteiger partial charge >= 0.3 is 16.1 Å². The van der Waals surface area contributed by atoms with E-state index in [9.17, 15) is 43.9 Å². The lowest BCUT2D eigenvalue weighted by atomic mass is 9.80. The monoisotopic (exact) mass is 546 g/mol. The van der Waals surface area contributed by atoms with Crippen LogP contribution in [0.4, 0.5) is 0 Å². The molecule has 1 saturated heterocycles. The minimum absolute atomic E-state index is 0.0760. The number of phenols is 2. The van der Waals surface area contributed by atoms with Gasteiger partial charge in [-0.05, 0) is 41.5 Å². The van der Waals surface area contributed by atoms with E-state index in [2.05, 4.69) is 0 Å². The summed E-state index contributed by atoms with van der Waals surface area (Å²) in [5, 5.41) is 59.4. The van der Waals surface area contributed by atoms with Crippen molar-refractivity contribution in [3.63, 3.8) is 0 Å². The molecule has 6 N–H and O–H groups in total. The maximum absolute atomic E-state index is 13.5. The highest BCUT2D eigenvalue weighted by molar-refractivity contribution is 7.87. The molecule has 0 bridgehead atoms. The van der Waals surface area contributed by atoms with Crippen molar-refractivity contribution in [2.45, 2.75) is 41.2 Å². The molecule has 200 valence electrons. The zero-order valence-electron chi connectivity index (χ0n) is 19.3. The van der Waals surface area contributed by atoms with Gasteiger partial charge in [-0.25, -0.2) is 8.98 Å². The Kier molecular flexibility index (Phi) is 6.30. The Labute approximate surface area is 215 Å². The Morgan fingerprint density at radius 2 is 1.37 bits per heavy atom. The van der Waals surface area contributed by atoms with Gasteiger partial charge in [0.15, 0.2) is 11.7 Å². The molecular weight excluding hydrogens is 524 g/mol. The third kappa shape index (κ3) is 4.05. The fourth-order valence-corrected chi connectivity index (χ4v) is 6.17. The number of aliphatic hydroxyl groups is 3. The van der Waals surface area contributed by atoms with Crippen LogP contribution in [0.2, 0.25) is 0 Å². The molecule has 0 spiro atoms. The summed E-state index contributed by atoms with van der Waals surface area (Å²) < 4.78 is 43.5. The van der Waals surface area contributed by atoms with Gasteiger partial charge in [0.2, 0.25) is 6.29 Å². The summed E-state index contributed by atoms with van der Waals surface area (Å²) in [6.45, 7) is 0. The van der Waals surface area contributed by atoms with Crippen molar-refractivity contribution < 1.29 is 57.5 Å². The van der Waals surface area contributed by atoms with Gasteiger partial charge in [0.25, 0.3) is 0 Å². The molecular formula is C25H22O12S. The second-order valence-corrected chi connectivity index (χ2v) is 10.3. The maximum atomic E-state index is 13.5. The molecule has 0 radical (unpaired) electrons.